The summed E-state index contributed by atoms with van der Waals surface area (Å²) in [5.74, 6) is 2.12. The number of nitrogens with two attached hydrogens (primary N) is 2. The molecule has 0 saturated heterocycles. The highest BCUT2D eigenvalue weighted by Gasteiger charge is 2.15. The third kappa shape index (κ3) is 21.4. The van der Waals surface area contributed by atoms with Crippen LogP contribution in [0.2, 0.25) is 0 Å². The quantitative estimate of drug-likeness (QED) is 0.00966. The van der Waals surface area contributed by atoms with Gasteiger partial charge in [0.15, 0.2) is 25.3 Å². The first-order chi connectivity index (χ1) is 27.1. The normalized spacial score (nSPS) is 11.1. The molecule has 0 aliphatic carbocycles. The summed E-state index contributed by atoms with van der Waals surface area (Å²) in [5.41, 5.74) is 12.4. The second-order valence-corrected chi connectivity index (χ2v) is 16.2. The SMILES string of the molecule is NC(N)=NCc1ccc(OCOCCCOCOOOCCOCNCCCNCCCOc2c(I)cc(Oc3c(I)cc(CC(=O)O)cc3I)cc2I)cc1. The smallest absolute Gasteiger partial charge is 0.307 e. The Morgan fingerprint density at radius 3 is 2.02 bits per heavy atom. The summed E-state index contributed by atoms with van der Waals surface area (Å²) in [6.45, 7) is 5.42. The van der Waals surface area contributed by atoms with Gasteiger partial charge in [-0.2, -0.15) is 4.89 Å². The fraction of sp³-hybridized carbons (Fsp3) is 0.444. The van der Waals surface area contributed by atoms with E-state index in [2.05, 4.69) is 111 Å². The lowest BCUT2D eigenvalue weighted by molar-refractivity contribution is -0.528. The molecule has 0 amide bonds. The first-order valence-electron chi connectivity index (χ1n) is 17.4. The van der Waals surface area contributed by atoms with Gasteiger partial charge in [-0.05, 0) is 177 Å². The monoisotopic (exact) mass is 1230 g/mol. The van der Waals surface area contributed by atoms with Gasteiger partial charge in [0.2, 0.25) is 0 Å². The Balaban J connectivity index is 1.07. The average molecular weight is 1230 g/mol. The molecule has 3 rings (SSSR count). The maximum atomic E-state index is 11.1. The number of ether oxygens (including phenoxy) is 6. The summed E-state index contributed by atoms with van der Waals surface area (Å²) >= 11 is 8.87. The standard InChI is InChI=1S/C36H47I4N5O11/c37-29-16-26(18-33(46)47)17-30(38)35(29)55-28-19-31(39)34(32(40)20-28)51-13-2-10-43-8-1-9-44-22-48-14-15-53-56-54-24-50-12-3-11-49-23-52-27-6-4-25(5-7-27)21-45-36(41)42/h4-7,16-17,19-20,43-44H,1-3,8-15,18,21-24H2,(H,46,47)(H4,41,42,45). The van der Waals surface area contributed by atoms with Crippen LogP contribution < -0.4 is 36.3 Å². The first kappa shape index (κ1) is 48.8. The maximum Gasteiger partial charge on any atom is 0.307 e. The van der Waals surface area contributed by atoms with Crippen molar-refractivity contribution in [3.05, 3.63) is 73.9 Å². The Bertz CT molecular complexity index is 1580. The molecule has 0 aliphatic rings. The molecule has 0 bridgehead atoms. The van der Waals surface area contributed by atoms with Gasteiger partial charge in [-0.3, -0.25) is 10.1 Å². The minimum Gasteiger partial charge on any atom is -0.491 e. The predicted octanol–water partition coefficient (Wildman–Crippen LogP) is 5.91. The number of carbonyl (C=O) groups is 1. The van der Waals surface area contributed by atoms with Crippen molar-refractivity contribution in [2.75, 3.05) is 73.0 Å². The molecule has 0 fully saturated rings. The van der Waals surface area contributed by atoms with Crippen LogP contribution in [0, 0.1) is 14.3 Å². The largest absolute Gasteiger partial charge is 0.491 e. The van der Waals surface area contributed by atoms with Crippen molar-refractivity contribution in [1.29, 1.82) is 0 Å². The molecule has 56 heavy (non-hydrogen) atoms. The van der Waals surface area contributed by atoms with Crippen molar-refractivity contribution in [1.82, 2.24) is 10.6 Å². The second-order valence-electron chi connectivity index (χ2n) is 11.6. The number of nitrogens with one attached hydrogen (secondary N) is 2. The highest BCUT2D eigenvalue weighted by Crippen LogP contribution is 2.37. The summed E-state index contributed by atoms with van der Waals surface area (Å²) in [6, 6.07) is 15.0. The molecule has 16 nitrogen and oxygen atoms in total. The van der Waals surface area contributed by atoms with Crippen LogP contribution in [-0.4, -0.2) is 90.0 Å². The van der Waals surface area contributed by atoms with E-state index < -0.39 is 5.97 Å². The molecule has 0 unspecified atom stereocenters. The Morgan fingerprint density at radius 1 is 0.661 bits per heavy atom. The molecule has 0 spiro atoms. The van der Waals surface area contributed by atoms with Gasteiger partial charge in [0.25, 0.3) is 0 Å². The van der Waals surface area contributed by atoms with E-state index in [1.807, 2.05) is 48.5 Å². The van der Waals surface area contributed by atoms with Crippen molar-refractivity contribution in [3.63, 3.8) is 0 Å². The minimum atomic E-state index is -0.862. The molecule has 0 aromatic heterocycles. The number of halogens is 4. The number of aliphatic carboxylic acids is 1. The molecule has 3 aromatic carbocycles. The van der Waals surface area contributed by atoms with Crippen LogP contribution in [0.25, 0.3) is 0 Å². The lowest BCUT2D eigenvalue weighted by Gasteiger charge is -2.15. The van der Waals surface area contributed by atoms with Gasteiger partial charge in [-0.25, -0.2) is 9.88 Å². The van der Waals surface area contributed by atoms with Gasteiger partial charge in [0.05, 0.1) is 60.4 Å². The fourth-order valence-corrected chi connectivity index (χ4v) is 8.61. The number of rotatable bonds is 31. The van der Waals surface area contributed by atoms with E-state index in [9.17, 15) is 4.79 Å². The van der Waals surface area contributed by atoms with Gasteiger partial charge < -0.3 is 50.3 Å². The highest BCUT2D eigenvalue weighted by atomic mass is 127. The molecule has 0 saturated carbocycles. The Hall–Kier alpha value is -1.60. The molecule has 7 N–H and O–H groups in total. The Labute approximate surface area is 381 Å². The zero-order valence-corrected chi connectivity index (χ0v) is 39.2. The molecular weight excluding hydrogens is 1190 g/mol. The van der Waals surface area contributed by atoms with Crippen LogP contribution in [0.1, 0.15) is 30.4 Å². The lowest BCUT2D eigenvalue weighted by Crippen LogP contribution is -2.25. The number of carboxylic acids is 1. The number of hydrogen-bond acceptors (Lipinski definition) is 13. The van der Waals surface area contributed by atoms with Crippen LogP contribution in [0.3, 0.4) is 0 Å². The summed E-state index contributed by atoms with van der Waals surface area (Å²) in [7, 11) is 0. The minimum absolute atomic E-state index is 0.0252. The fourth-order valence-electron chi connectivity index (χ4n) is 4.47. The molecular formula is C36H47I4N5O11. The molecule has 3 aromatic rings. The topological polar surface area (TPSA) is 209 Å². The van der Waals surface area contributed by atoms with E-state index in [0.717, 1.165) is 63.6 Å². The number of benzene rings is 3. The van der Waals surface area contributed by atoms with Crippen LogP contribution in [0.15, 0.2) is 53.5 Å². The zero-order valence-electron chi connectivity index (χ0n) is 30.6. The molecule has 0 atom stereocenters. The number of hydrogen-bond donors (Lipinski definition) is 5. The Morgan fingerprint density at radius 2 is 1.32 bits per heavy atom. The van der Waals surface area contributed by atoms with E-state index in [0.29, 0.717) is 63.4 Å². The third-order valence-corrected chi connectivity index (χ3v) is 10.3. The number of aliphatic imine (C=N–C) groups is 1. The highest BCUT2D eigenvalue weighted by molar-refractivity contribution is 14.1. The zero-order chi connectivity index (χ0) is 40.4. The summed E-state index contributed by atoms with van der Waals surface area (Å²) in [5, 5.41) is 20.4. The van der Waals surface area contributed by atoms with Gasteiger partial charge >= 0.3 is 5.97 Å². The van der Waals surface area contributed by atoms with E-state index in [1.54, 1.807) is 0 Å². The van der Waals surface area contributed by atoms with Crippen molar-refractivity contribution >= 4 is 102 Å². The average Bonchev–Trinajstić information content (AvgIpc) is 3.15. The number of nitrogens with zero attached hydrogens (tertiary/aromatic N) is 1. The maximum absolute atomic E-state index is 11.1. The van der Waals surface area contributed by atoms with Crippen molar-refractivity contribution < 1.29 is 53.1 Å². The summed E-state index contributed by atoms with van der Waals surface area (Å²) in [4.78, 5) is 24.7. The van der Waals surface area contributed by atoms with Gasteiger partial charge in [0.1, 0.15) is 23.9 Å². The third-order valence-electron chi connectivity index (χ3n) is 7.05. The lowest BCUT2D eigenvalue weighted by atomic mass is 10.1. The van der Waals surface area contributed by atoms with Gasteiger partial charge in [0, 0.05) is 0 Å². The van der Waals surface area contributed by atoms with E-state index in [-0.39, 0.29) is 32.6 Å². The molecule has 0 aliphatic heterocycles. The second kappa shape index (κ2) is 29.6. The Kier molecular flexibility index (Phi) is 25.8. The van der Waals surface area contributed by atoms with Crippen LogP contribution in [-0.2, 0) is 46.8 Å². The predicted molar refractivity (Wildman–Crippen MR) is 243 cm³/mol. The number of carboxylic acid groups (broad SMARTS) is 1. The van der Waals surface area contributed by atoms with E-state index >= 15 is 0 Å². The van der Waals surface area contributed by atoms with Crippen molar-refractivity contribution in [3.8, 4) is 23.0 Å². The van der Waals surface area contributed by atoms with E-state index in [4.69, 9.17) is 54.8 Å². The van der Waals surface area contributed by atoms with Crippen LogP contribution >= 0.6 is 90.4 Å². The molecule has 0 heterocycles. The van der Waals surface area contributed by atoms with E-state index in [1.165, 1.54) is 0 Å². The van der Waals surface area contributed by atoms with Crippen LogP contribution in [0.5, 0.6) is 23.0 Å². The molecule has 20 heteroatoms. The van der Waals surface area contributed by atoms with Crippen LogP contribution in [0.4, 0.5) is 0 Å². The van der Waals surface area contributed by atoms with Crippen molar-refractivity contribution in [2.45, 2.75) is 32.2 Å². The molecule has 0 radical (unpaired) electrons. The van der Waals surface area contributed by atoms with Gasteiger partial charge in [-0.1, -0.05) is 17.2 Å². The van der Waals surface area contributed by atoms with Crippen molar-refractivity contribution in [2.24, 2.45) is 16.5 Å². The number of guanidine groups is 1. The summed E-state index contributed by atoms with van der Waals surface area (Å²) < 4.78 is 37.6. The first-order valence-corrected chi connectivity index (χ1v) is 21.8. The molecule has 310 valence electrons. The van der Waals surface area contributed by atoms with Gasteiger partial charge in [-0.15, -0.1) is 0 Å². The summed E-state index contributed by atoms with van der Waals surface area (Å²) in [6.07, 6.45) is 2.45.